The Bertz CT molecular complexity index is 1830. The second-order valence-corrected chi connectivity index (χ2v) is 19.0. The highest BCUT2D eigenvalue weighted by Gasteiger charge is 2.53. The highest BCUT2D eigenvalue weighted by Crippen LogP contribution is 2.31. The van der Waals surface area contributed by atoms with Gasteiger partial charge in [0, 0.05) is 38.5 Å². The first-order valence-electron chi connectivity index (χ1n) is 27.2. The number of hydrogen-bond acceptors (Lipinski definition) is 18. The lowest BCUT2D eigenvalue weighted by Crippen LogP contribution is -2.63. The van der Waals surface area contributed by atoms with Crippen molar-refractivity contribution in [3.8, 4) is 0 Å². The monoisotopic (exact) mass is 1060 g/mol. The molecule has 1 saturated heterocycles. The van der Waals surface area contributed by atoms with Gasteiger partial charge in [-0.25, -0.2) is 0 Å². The number of allylic oxidation sites excluding steroid dienone is 6. The summed E-state index contributed by atoms with van der Waals surface area (Å²) in [7, 11) is 0. The molecular weight excluding hydrogens is 973 g/mol. The zero-order valence-corrected chi connectivity index (χ0v) is 45.8. The standard InChI is InChI=1S/C57H88O18/c1-7-9-11-13-15-16-17-18-19-20-21-22-24-26-28-30-50(64)71-46(39-68-48(62)29-27-25-23-14-12-10-8-2)40-70-57-56(75-53(67)38-34-45(6)61)55(74-52(66)37-33-44(5)60)54(73-51(65)36-32-43(4)59)47(72-57)41-69-49(63)35-31-42(3)58/h9,11,15-16,18-19,46-47,54-57H,7-8,10,12-14,17,20-41H2,1-6H3/b11-9+,16-15+,19-18+/t46?,47-,54+,55+,56-,57-/m1/s1. The van der Waals surface area contributed by atoms with E-state index in [1.807, 2.05) is 0 Å². The number of ketones is 4. The quantitative estimate of drug-likeness (QED) is 0.0238. The fraction of sp³-hybridized carbons (Fsp3) is 0.719. The van der Waals surface area contributed by atoms with Gasteiger partial charge >= 0.3 is 35.8 Å². The zero-order valence-electron chi connectivity index (χ0n) is 45.8. The van der Waals surface area contributed by atoms with Crippen molar-refractivity contribution in [3.05, 3.63) is 36.5 Å². The van der Waals surface area contributed by atoms with Gasteiger partial charge in [0.05, 0.1) is 32.3 Å². The third-order valence-corrected chi connectivity index (χ3v) is 11.7. The van der Waals surface area contributed by atoms with Gasteiger partial charge in [-0.2, -0.15) is 0 Å². The number of Topliss-reactive ketones (excluding diaryl/α,β-unsaturated/α-hetero) is 4. The van der Waals surface area contributed by atoms with Crippen LogP contribution in [-0.4, -0.2) is 116 Å². The summed E-state index contributed by atoms with van der Waals surface area (Å²) in [6.07, 6.45) is 15.6. The van der Waals surface area contributed by atoms with Gasteiger partial charge in [-0.3, -0.25) is 28.8 Å². The van der Waals surface area contributed by atoms with Crippen molar-refractivity contribution >= 4 is 58.9 Å². The largest absolute Gasteiger partial charge is 0.463 e. The fourth-order valence-corrected chi connectivity index (χ4v) is 7.48. The van der Waals surface area contributed by atoms with E-state index in [2.05, 4.69) is 50.3 Å². The van der Waals surface area contributed by atoms with Crippen LogP contribution in [0.2, 0.25) is 0 Å². The molecule has 6 atom stereocenters. The van der Waals surface area contributed by atoms with Gasteiger partial charge in [0.15, 0.2) is 30.7 Å². The highest BCUT2D eigenvalue weighted by molar-refractivity contribution is 5.83. The first-order valence-corrected chi connectivity index (χ1v) is 27.2. The summed E-state index contributed by atoms with van der Waals surface area (Å²) in [5, 5.41) is 0. The topological polar surface area (TPSA) is 245 Å². The maximum Gasteiger partial charge on any atom is 0.306 e. The third-order valence-electron chi connectivity index (χ3n) is 11.7. The van der Waals surface area contributed by atoms with Crippen LogP contribution in [-0.2, 0) is 85.8 Å². The van der Waals surface area contributed by atoms with Crippen molar-refractivity contribution in [3.63, 3.8) is 0 Å². The molecule has 0 N–H and O–H groups in total. The Labute approximate surface area is 445 Å². The van der Waals surface area contributed by atoms with Crippen LogP contribution in [0.3, 0.4) is 0 Å². The molecule has 18 heteroatoms. The zero-order chi connectivity index (χ0) is 55.6. The minimum atomic E-state index is -1.79. The average molecular weight is 1060 g/mol. The van der Waals surface area contributed by atoms with E-state index in [0.717, 1.165) is 89.9 Å². The molecule has 424 valence electrons. The highest BCUT2D eigenvalue weighted by atomic mass is 16.7. The number of rotatable bonds is 44. The summed E-state index contributed by atoms with van der Waals surface area (Å²) in [4.78, 5) is 127. The number of esters is 6. The molecule has 0 aliphatic carbocycles. The summed E-state index contributed by atoms with van der Waals surface area (Å²) < 4.78 is 46.6. The predicted molar refractivity (Wildman–Crippen MR) is 278 cm³/mol. The van der Waals surface area contributed by atoms with Gasteiger partial charge in [-0.1, -0.05) is 108 Å². The molecule has 0 aromatic heterocycles. The Morgan fingerprint density at radius 2 is 0.867 bits per heavy atom. The van der Waals surface area contributed by atoms with Crippen molar-refractivity contribution in [2.45, 2.75) is 245 Å². The smallest absolute Gasteiger partial charge is 0.306 e. The number of unbranched alkanes of at least 4 members (excludes halogenated alkanes) is 11. The molecule has 1 rings (SSSR count). The fourth-order valence-electron chi connectivity index (χ4n) is 7.48. The van der Waals surface area contributed by atoms with Crippen molar-refractivity contribution in [2.24, 2.45) is 0 Å². The van der Waals surface area contributed by atoms with Gasteiger partial charge in [-0.05, 0) is 72.6 Å². The van der Waals surface area contributed by atoms with E-state index < -0.39 is 112 Å². The lowest BCUT2D eigenvalue weighted by atomic mass is 9.97. The number of carbonyl (C=O) groups is 10. The van der Waals surface area contributed by atoms with Crippen LogP contribution in [0.25, 0.3) is 0 Å². The summed E-state index contributed by atoms with van der Waals surface area (Å²) in [5.74, 6) is -6.24. The summed E-state index contributed by atoms with van der Waals surface area (Å²) in [6, 6.07) is 0. The van der Waals surface area contributed by atoms with Crippen molar-refractivity contribution in [2.75, 3.05) is 19.8 Å². The van der Waals surface area contributed by atoms with Crippen LogP contribution in [0, 0.1) is 0 Å². The maximum atomic E-state index is 13.4. The van der Waals surface area contributed by atoms with Crippen LogP contribution in [0.4, 0.5) is 0 Å². The van der Waals surface area contributed by atoms with Crippen LogP contribution >= 0.6 is 0 Å². The first kappa shape index (κ1) is 67.7. The SMILES string of the molecule is CC/C=C/C/C=C/C/C=C/CCCCCCCC(=O)OC(COC(=O)CCCCCCCCC)CO[C@@H]1O[C@H](COC(=O)CCC(C)=O)[C@H](OC(=O)CCC(C)=O)[C@H](OC(=O)CCC(C)=O)[C@H]1OC(=O)CCC(C)=O. The Kier molecular flexibility index (Phi) is 38.6. The second-order valence-electron chi connectivity index (χ2n) is 19.0. The number of carbonyl (C=O) groups excluding carboxylic acids is 10. The third kappa shape index (κ3) is 36.3. The average Bonchev–Trinajstić information content (AvgIpc) is 3.36. The van der Waals surface area contributed by atoms with Crippen molar-refractivity contribution < 1.29 is 85.8 Å². The van der Waals surface area contributed by atoms with Crippen molar-refractivity contribution in [1.29, 1.82) is 0 Å². The predicted octanol–water partition coefficient (Wildman–Crippen LogP) is 9.67. The minimum Gasteiger partial charge on any atom is -0.463 e. The molecule has 0 radical (unpaired) electrons. The normalized spacial score (nSPS) is 17.9. The van der Waals surface area contributed by atoms with Crippen LogP contribution in [0.1, 0.15) is 208 Å². The number of ether oxygens (including phenoxy) is 8. The molecule has 1 heterocycles. The van der Waals surface area contributed by atoms with Crippen LogP contribution in [0.15, 0.2) is 36.5 Å². The molecule has 1 fully saturated rings. The molecule has 0 amide bonds. The molecule has 1 aliphatic rings. The molecule has 0 aromatic carbocycles. The molecule has 0 aromatic rings. The van der Waals surface area contributed by atoms with Gasteiger partial charge < -0.3 is 57.1 Å². The van der Waals surface area contributed by atoms with E-state index >= 15 is 0 Å². The lowest BCUT2D eigenvalue weighted by molar-refractivity contribution is -0.312. The molecule has 0 bridgehead atoms. The first-order chi connectivity index (χ1) is 35.9. The van der Waals surface area contributed by atoms with E-state index in [4.69, 9.17) is 37.9 Å². The second kappa shape index (κ2) is 42.8. The molecule has 1 aliphatic heterocycles. The lowest BCUT2D eigenvalue weighted by Gasteiger charge is -2.44. The van der Waals surface area contributed by atoms with Gasteiger partial charge in [0.25, 0.3) is 0 Å². The Morgan fingerprint density at radius 3 is 1.40 bits per heavy atom. The summed E-state index contributed by atoms with van der Waals surface area (Å²) in [5.41, 5.74) is 0. The molecule has 0 saturated carbocycles. The van der Waals surface area contributed by atoms with E-state index in [9.17, 15) is 47.9 Å². The maximum absolute atomic E-state index is 13.4. The van der Waals surface area contributed by atoms with Crippen LogP contribution in [0.5, 0.6) is 0 Å². The Balaban J connectivity index is 3.47. The Morgan fingerprint density at radius 1 is 0.427 bits per heavy atom. The van der Waals surface area contributed by atoms with Gasteiger partial charge in [0.2, 0.25) is 0 Å². The van der Waals surface area contributed by atoms with Crippen LogP contribution < -0.4 is 0 Å². The number of hydrogen-bond donors (Lipinski definition) is 0. The molecule has 0 spiro atoms. The molecule has 75 heavy (non-hydrogen) atoms. The Hall–Kier alpha value is -5.36. The molecule has 1 unspecified atom stereocenters. The minimum absolute atomic E-state index is 0.0461. The summed E-state index contributed by atoms with van der Waals surface area (Å²) in [6.45, 7) is 7.63. The van der Waals surface area contributed by atoms with Crippen molar-refractivity contribution in [1.82, 2.24) is 0 Å². The van der Waals surface area contributed by atoms with E-state index in [1.54, 1.807) is 0 Å². The van der Waals surface area contributed by atoms with E-state index in [-0.39, 0.29) is 68.1 Å². The van der Waals surface area contributed by atoms with E-state index in [0.29, 0.717) is 12.8 Å². The summed E-state index contributed by atoms with van der Waals surface area (Å²) >= 11 is 0. The van der Waals surface area contributed by atoms with Gasteiger partial charge in [-0.15, -0.1) is 0 Å². The molecular formula is C57H88O18. The van der Waals surface area contributed by atoms with E-state index in [1.165, 1.54) is 27.7 Å². The van der Waals surface area contributed by atoms with Gasteiger partial charge in [0.1, 0.15) is 42.5 Å². The molecule has 18 nitrogen and oxygen atoms in total.